The number of hydrogen-bond donors (Lipinski definition) is 0. The molecule has 0 aliphatic heterocycles. The van der Waals surface area contributed by atoms with Gasteiger partial charge < -0.3 is 0 Å². The zero-order valence-corrected chi connectivity index (χ0v) is 14.0. The molecule has 0 heterocycles. The van der Waals surface area contributed by atoms with Crippen LogP contribution in [0.4, 0.5) is 0 Å². The van der Waals surface area contributed by atoms with Crippen LogP contribution in [0, 0.1) is 0 Å². The van der Waals surface area contributed by atoms with Gasteiger partial charge in [0.2, 0.25) is 0 Å². The minimum Gasteiger partial charge on any atom is -0.0587 e. The summed E-state index contributed by atoms with van der Waals surface area (Å²) in [6, 6.07) is 7.09. The van der Waals surface area contributed by atoms with Gasteiger partial charge in [0.25, 0.3) is 0 Å². The van der Waals surface area contributed by atoms with Gasteiger partial charge in [-0.3, -0.25) is 0 Å². The Balaban J connectivity index is 0.00000225. The molecule has 0 N–H and O–H groups in total. The fourth-order valence-electron chi connectivity index (χ4n) is 1.70. The second-order valence-electron chi connectivity index (χ2n) is 5.40. The van der Waals surface area contributed by atoms with Crippen LogP contribution in [0.3, 0.4) is 0 Å². The van der Waals surface area contributed by atoms with Crippen LogP contribution in [0.15, 0.2) is 18.2 Å². The summed E-state index contributed by atoms with van der Waals surface area (Å²) in [5, 5.41) is 0. The molecule has 0 aliphatic rings. The minimum atomic E-state index is 0. The van der Waals surface area contributed by atoms with E-state index in [2.05, 4.69) is 59.7 Å². The van der Waals surface area contributed by atoms with E-state index in [0.29, 0.717) is 17.8 Å². The van der Waals surface area contributed by atoms with E-state index in [1.54, 1.807) is 0 Å². The monoisotopic (exact) mass is 227 g/mol. The summed E-state index contributed by atoms with van der Waals surface area (Å²) in [5.74, 6) is 1.88. The van der Waals surface area contributed by atoms with Crippen molar-refractivity contribution in [1.29, 1.82) is 0 Å². The molecule has 1 aromatic carbocycles. The first-order chi connectivity index (χ1) is 6.91. The second-order valence-corrected chi connectivity index (χ2v) is 5.40. The Kier molecular flexibility index (Phi) is 6.93. The van der Waals surface area contributed by atoms with Crippen LogP contribution in [-0.2, 0) is 0 Å². The number of benzene rings is 1. The van der Waals surface area contributed by atoms with Crippen molar-refractivity contribution in [2.45, 2.75) is 59.3 Å². The SMILES string of the molecule is CC(C)c1cc(C(C)C)cc(C(C)C)c1.[Na+]. The molecule has 0 saturated carbocycles. The summed E-state index contributed by atoms with van der Waals surface area (Å²) in [6.07, 6.45) is 0. The van der Waals surface area contributed by atoms with E-state index in [-0.39, 0.29) is 29.6 Å². The molecule has 1 aromatic rings. The molecule has 0 saturated heterocycles. The quantitative estimate of drug-likeness (QED) is 0.693. The summed E-state index contributed by atoms with van der Waals surface area (Å²) in [6.45, 7) is 13.6. The van der Waals surface area contributed by atoms with Gasteiger partial charge in [-0.1, -0.05) is 59.7 Å². The fourth-order valence-corrected chi connectivity index (χ4v) is 1.70. The van der Waals surface area contributed by atoms with Gasteiger partial charge in [0, 0.05) is 0 Å². The molecule has 0 radical (unpaired) electrons. The third kappa shape index (κ3) is 4.24. The summed E-state index contributed by atoms with van der Waals surface area (Å²) in [7, 11) is 0. The van der Waals surface area contributed by atoms with Gasteiger partial charge in [0.05, 0.1) is 0 Å². The smallest absolute Gasteiger partial charge is 0.0587 e. The summed E-state index contributed by atoms with van der Waals surface area (Å²) in [5.41, 5.74) is 4.43. The van der Waals surface area contributed by atoms with Crippen LogP contribution in [0.2, 0.25) is 0 Å². The van der Waals surface area contributed by atoms with Crippen LogP contribution in [-0.4, -0.2) is 0 Å². The number of hydrogen-bond acceptors (Lipinski definition) is 0. The molecule has 0 unspecified atom stereocenters. The van der Waals surface area contributed by atoms with Crippen molar-refractivity contribution in [2.24, 2.45) is 0 Å². The molecule has 0 atom stereocenters. The van der Waals surface area contributed by atoms with Crippen molar-refractivity contribution in [3.8, 4) is 0 Å². The Morgan fingerprint density at radius 2 is 0.750 bits per heavy atom. The summed E-state index contributed by atoms with van der Waals surface area (Å²) >= 11 is 0. The first kappa shape index (κ1) is 16.2. The van der Waals surface area contributed by atoms with E-state index in [1.165, 1.54) is 16.7 Å². The predicted molar refractivity (Wildman–Crippen MR) is 68.7 cm³/mol. The maximum Gasteiger partial charge on any atom is 1.00 e. The van der Waals surface area contributed by atoms with Crippen LogP contribution >= 0.6 is 0 Å². The topological polar surface area (TPSA) is 0 Å². The molecule has 1 heteroatoms. The third-order valence-electron chi connectivity index (χ3n) is 3.00. The van der Waals surface area contributed by atoms with E-state index in [4.69, 9.17) is 0 Å². The zero-order valence-electron chi connectivity index (χ0n) is 12.0. The Labute approximate surface area is 123 Å². The van der Waals surface area contributed by atoms with E-state index in [1.807, 2.05) is 0 Å². The van der Waals surface area contributed by atoms with Crippen molar-refractivity contribution in [3.05, 3.63) is 34.9 Å². The van der Waals surface area contributed by atoms with Gasteiger partial charge in [0.1, 0.15) is 0 Å². The van der Waals surface area contributed by atoms with Gasteiger partial charge in [-0.15, -0.1) is 0 Å². The maximum atomic E-state index is 2.36. The third-order valence-corrected chi connectivity index (χ3v) is 3.00. The molecule has 0 spiro atoms. The normalized spacial score (nSPS) is 11.1. The molecular weight excluding hydrogens is 203 g/mol. The van der Waals surface area contributed by atoms with Gasteiger partial charge in [-0.2, -0.15) is 0 Å². The first-order valence-electron chi connectivity index (χ1n) is 6.06. The van der Waals surface area contributed by atoms with Gasteiger partial charge in [0.15, 0.2) is 0 Å². The first-order valence-corrected chi connectivity index (χ1v) is 6.06. The van der Waals surface area contributed by atoms with Crippen molar-refractivity contribution in [3.63, 3.8) is 0 Å². The standard InChI is InChI=1S/C15H24.Na/c1-10(2)13-7-14(11(3)4)9-15(8-13)12(5)6;/h7-12H,1-6H3;/q;+1. The molecule has 0 fully saturated rings. The van der Waals surface area contributed by atoms with Gasteiger partial charge in [-0.25, -0.2) is 0 Å². The van der Waals surface area contributed by atoms with Crippen molar-refractivity contribution in [1.82, 2.24) is 0 Å². The van der Waals surface area contributed by atoms with Crippen molar-refractivity contribution in [2.75, 3.05) is 0 Å². The van der Waals surface area contributed by atoms with Gasteiger partial charge in [-0.05, 0) is 34.4 Å². The summed E-state index contributed by atoms with van der Waals surface area (Å²) < 4.78 is 0. The average Bonchev–Trinajstić information content (AvgIpc) is 2.16. The summed E-state index contributed by atoms with van der Waals surface area (Å²) in [4.78, 5) is 0. The van der Waals surface area contributed by atoms with Crippen molar-refractivity contribution >= 4 is 0 Å². The molecule has 0 aliphatic carbocycles. The van der Waals surface area contributed by atoms with E-state index < -0.39 is 0 Å². The zero-order chi connectivity index (χ0) is 11.6. The maximum absolute atomic E-state index is 2.36. The molecular formula is C15H24Na+. The second kappa shape index (κ2) is 6.83. The Morgan fingerprint density at radius 1 is 0.562 bits per heavy atom. The van der Waals surface area contributed by atoms with Gasteiger partial charge >= 0.3 is 29.6 Å². The van der Waals surface area contributed by atoms with Crippen LogP contribution in [0.5, 0.6) is 0 Å². The average molecular weight is 227 g/mol. The molecule has 16 heavy (non-hydrogen) atoms. The largest absolute Gasteiger partial charge is 1.00 e. The van der Waals surface area contributed by atoms with Crippen LogP contribution in [0.1, 0.15) is 76.0 Å². The Bertz CT molecular complexity index is 259. The van der Waals surface area contributed by atoms with Crippen molar-refractivity contribution < 1.29 is 29.6 Å². The predicted octanol–water partition coefficient (Wildman–Crippen LogP) is 2.06. The van der Waals surface area contributed by atoms with E-state index in [9.17, 15) is 0 Å². The molecule has 84 valence electrons. The van der Waals surface area contributed by atoms with Crippen LogP contribution in [0.25, 0.3) is 0 Å². The minimum absolute atomic E-state index is 0. The molecule has 0 aromatic heterocycles. The Hall–Kier alpha value is 0.220. The van der Waals surface area contributed by atoms with E-state index >= 15 is 0 Å². The fraction of sp³-hybridized carbons (Fsp3) is 0.600. The molecule has 1 rings (SSSR count). The number of rotatable bonds is 3. The van der Waals surface area contributed by atoms with E-state index in [0.717, 1.165) is 0 Å². The van der Waals surface area contributed by atoms with Crippen LogP contribution < -0.4 is 29.6 Å². The molecule has 0 amide bonds. The molecule has 0 bridgehead atoms. The molecule has 0 nitrogen and oxygen atoms in total. The Morgan fingerprint density at radius 3 is 0.875 bits per heavy atom.